The number of aliphatic hydroxyl groups is 2. The molecule has 1 aliphatic carbocycles. The van der Waals surface area contributed by atoms with E-state index in [0.29, 0.717) is 24.0 Å². The number of nitrogens with zero attached hydrogens (tertiary/aromatic N) is 1. The second kappa shape index (κ2) is 7.25. The molecule has 3 nitrogen and oxygen atoms in total. The molecule has 0 radical (unpaired) electrons. The van der Waals surface area contributed by atoms with E-state index in [2.05, 4.69) is 4.90 Å². The highest BCUT2D eigenvalue weighted by atomic mass is 35.5. The van der Waals surface area contributed by atoms with Crippen molar-refractivity contribution in [3.63, 3.8) is 0 Å². The van der Waals surface area contributed by atoms with Crippen molar-refractivity contribution in [3.05, 3.63) is 34.9 Å². The number of hydrogen-bond donors (Lipinski definition) is 2. The van der Waals surface area contributed by atoms with Gasteiger partial charge in [0.15, 0.2) is 0 Å². The van der Waals surface area contributed by atoms with Gasteiger partial charge < -0.3 is 10.2 Å². The normalized spacial score (nSPS) is 17.5. The Kier molecular flexibility index (Phi) is 5.64. The molecule has 1 unspecified atom stereocenters. The van der Waals surface area contributed by atoms with Gasteiger partial charge in [-0.05, 0) is 30.9 Å². The molecule has 1 aliphatic rings. The average Bonchev–Trinajstić information content (AvgIpc) is 2.34. The molecule has 0 amide bonds. The van der Waals surface area contributed by atoms with Crippen LogP contribution in [-0.2, 0) is 0 Å². The average molecular weight is 284 g/mol. The summed E-state index contributed by atoms with van der Waals surface area (Å²) in [6, 6.07) is 8.02. The van der Waals surface area contributed by atoms with Crippen LogP contribution in [-0.4, -0.2) is 40.9 Å². The molecule has 1 aromatic carbocycles. The Morgan fingerprint density at radius 1 is 1.26 bits per heavy atom. The Bertz CT molecular complexity index is 395. The summed E-state index contributed by atoms with van der Waals surface area (Å²) in [5.74, 6) is 0. The van der Waals surface area contributed by atoms with E-state index in [4.69, 9.17) is 16.7 Å². The van der Waals surface area contributed by atoms with Gasteiger partial charge in [0.2, 0.25) is 0 Å². The number of hydrogen-bond acceptors (Lipinski definition) is 3. The van der Waals surface area contributed by atoms with Crippen molar-refractivity contribution in [3.8, 4) is 0 Å². The minimum absolute atomic E-state index is 0.179. The summed E-state index contributed by atoms with van der Waals surface area (Å²) in [6.07, 6.45) is 3.82. The number of rotatable bonds is 7. The van der Waals surface area contributed by atoms with Gasteiger partial charge in [0.05, 0.1) is 12.7 Å². The predicted molar refractivity (Wildman–Crippen MR) is 77.3 cm³/mol. The Balaban J connectivity index is 1.87. The fraction of sp³-hybridized carbons (Fsp3) is 0.600. The largest absolute Gasteiger partial charge is 0.395 e. The Hall–Kier alpha value is -0.610. The van der Waals surface area contributed by atoms with Crippen molar-refractivity contribution in [1.82, 2.24) is 4.90 Å². The molecule has 4 heteroatoms. The van der Waals surface area contributed by atoms with E-state index < -0.39 is 6.10 Å². The molecule has 1 fully saturated rings. The monoisotopic (exact) mass is 283 g/mol. The molecular formula is C15H22ClNO2. The number of aliphatic hydroxyl groups excluding tert-OH is 2. The van der Waals surface area contributed by atoms with Crippen LogP contribution in [0.4, 0.5) is 0 Å². The van der Waals surface area contributed by atoms with Crippen LogP contribution in [0.3, 0.4) is 0 Å². The minimum Gasteiger partial charge on any atom is -0.395 e. The van der Waals surface area contributed by atoms with Gasteiger partial charge in [-0.25, -0.2) is 0 Å². The molecule has 19 heavy (non-hydrogen) atoms. The Labute approximate surface area is 119 Å². The summed E-state index contributed by atoms with van der Waals surface area (Å²) in [7, 11) is 0. The molecule has 0 bridgehead atoms. The molecular weight excluding hydrogens is 262 g/mol. The third-order valence-electron chi connectivity index (χ3n) is 3.93. The second-order valence-electron chi connectivity index (χ2n) is 5.17. The van der Waals surface area contributed by atoms with Crippen LogP contribution in [0.15, 0.2) is 24.3 Å². The Morgan fingerprint density at radius 2 is 2.00 bits per heavy atom. The van der Waals surface area contributed by atoms with E-state index in [1.807, 2.05) is 18.2 Å². The highest BCUT2D eigenvalue weighted by Gasteiger charge is 2.25. The van der Waals surface area contributed by atoms with Crippen molar-refractivity contribution in [2.75, 3.05) is 19.7 Å². The lowest BCUT2D eigenvalue weighted by Gasteiger charge is -2.37. The molecule has 0 saturated heterocycles. The van der Waals surface area contributed by atoms with E-state index in [-0.39, 0.29) is 6.61 Å². The fourth-order valence-electron chi connectivity index (χ4n) is 2.55. The zero-order chi connectivity index (χ0) is 13.7. The predicted octanol–water partition coefficient (Wildman–Crippen LogP) is 2.61. The molecule has 0 aromatic heterocycles. The summed E-state index contributed by atoms with van der Waals surface area (Å²) in [5.41, 5.74) is 0.793. The molecule has 2 N–H and O–H groups in total. The first-order chi connectivity index (χ1) is 9.22. The molecule has 2 rings (SSSR count). The second-order valence-corrected chi connectivity index (χ2v) is 5.58. The standard InChI is InChI=1S/C15H22ClNO2/c16-14-7-2-1-6-13(14)15(19)8-9-17(10-11-18)12-4-3-5-12/h1-2,6-7,12,15,18-19H,3-5,8-11H2. The van der Waals surface area contributed by atoms with E-state index >= 15 is 0 Å². The first kappa shape index (κ1) is 14.8. The van der Waals surface area contributed by atoms with Crippen LogP contribution in [0, 0.1) is 0 Å². The van der Waals surface area contributed by atoms with E-state index in [1.165, 1.54) is 19.3 Å². The molecule has 1 atom stereocenters. The first-order valence-electron chi connectivity index (χ1n) is 6.99. The van der Waals surface area contributed by atoms with Gasteiger partial charge >= 0.3 is 0 Å². The highest BCUT2D eigenvalue weighted by Crippen LogP contribution is 2.28. The fourth-order valence-corrected chi connectivity index (χ4v) is 2.81. The van der Waals surface area contributed by atoms with Gasteiger partial charge in [-0.2, -0.15) is 0 Å². The molecule has 0 aliphatic heterocycles. The highest BCUT2D eigenvalue weighted by molar-refractivity contribution is 6.31. The maximum Gasteiger partial charge on any atom is 0.0816 e. The van der Waals surface area contributed by atoms with Crippen LogP contribution in [0.25, 0.3) is 0 Å². The molecule has 106 valence electrons. The third-order valence-corrected chi connectivity index (χ3v) is 4.28. The maximum absolute atomic E-state index is 10.2. The van der Waals surface area contributed by atoms with Crippen LogP contribution in [0.1, 0.15) is 37.4 Å². The molecule has 1 aromatic rings. The van der Waals surface area contributed by atoms with Gasteiger partial charge in [-0.15, -0.1) is 0 Å². The summed E-state index contributed by atoms with van der Waals surface area (Å²) >= 11 is 6.08. The lowest BCUT2D eigenvalue weighted by atomic mass is 9.91. The van der Waals surface area contributed by atoms with Crippen molar-refractivity contribution < 1.29 is 10.2 Å². The molecule has 0 heterocycles. The first-order valence-corrected chi connectivity index (χ1v) is 7.37. The van der Waals surface area contributed by atoms with E-state index in [1.54, 1.807) is 6.07 Å². The van der Waals surface area contributed by atoms with Gasteiger partial charge in [0, 0.05) is 24.2 Å². The van der Waals surface area contributed by atoms with E-state index in [0.717, 1.165) is 12.1 Å². The van der Waals surface area contributed by atoms with Crippen molar-refractivity contribution in [2.24, 2.45) is 0 Å². The van der Waals surface area contributed by atoms with E-state index in [9.17, 15) is 5.11 Å². The Morgan fingerprint density at radius 3 is 2.58 bits per heavy atom. The summed E-state index contributed by atoms with van der Waals surface area (Å²) in [5, 5.41) is 19.9. The SMILES string of the molecule is OCCN(CCC(O)c1ccccc1Cl)C1CCC1. The van der Waals surface area contributed by atoms with Crippen molar-refractivity contribution in [2.45, 2.75) is 37.8 Å². The number of halogens is 1. The lowest BCUT2D eigenvalue weighted by molar-refractivity contribution is 0.0765. The van der Waals surface area contributed by atoms with Crippen LogP contribution in [0.5, 0.6) is 0 Å². The third kappa shape index (κ3) is 3.93. The maximum atomic E-state index is 10.2. The lowest BCUT2D eigenvalue weighted by Crippen LogP contribution is -2.42. The summed E-state index contributed by atoms with van der Waals surface area (Å²) < 4.78 is 0. The molecule has 0 spiro atoms. The van der Waals surface area contributed by atoms with Crippen LogP contribution in [0.2, 0.25) is 5.02 Å². The zero-order valence-electron chi connectivity index (χ0n) is 11.1. The van der Waals surface area contributed by atoms with Crippen LogP contribution < -0.4 is 0 Å². The summed E-state index contributed by atoms with van der Waals surface area (Å²) in [4.78, 5) is 2.28. The van der Waals surface area contributed by atoms with Gasteiger partial charge in [-0.1, -0.05) is 36.2 Å². The smallest absolute Gasteiger partial charge is 0.0816 e. The number of benzene rings is 1. The molecule has 1 saturated carbocycles. The van der Waals surface area contributed by atoms with Gasteiger partial charge in [0.25, 0.3) is 0 Å². The minimum atomic E-state index is -0.532. The topological polar surface area (TPSA) is 43.7 Å². The quantitative estimate of drug-likeness (QED) is 0.808. The summed E-state index contributed by atoms with van der Waals surface area (Å²) in [6.45, 7) is 1.68. The zero-order valence-corrected chi connectivity index (χ0v) is 11.9. The van der Waals surface area contributed by atoms with Gasteiger partial charge in [0.1, 0.15) is 0 Å². The van der Waals surface area contributed by atoms with Crippen molar-refractivity contribution >= 4 is 11.6 Å². The van der Waals surface area contributed by atoms with Gasteiger partial charge in [-0.3, -0.25) is 4.90 Å². The van der Waals surface area contributed by atoms with Crippen molar-refractivity contribution in [1.29, 1.82) is 0 Å². The van der Waals surface area contributed by atoms with Crippen LogP contribution >= 0.6 is 11.6 Å².